The van der Waals surface area contributed by atoms with Crippen molar-refractivity contribution in [3.63, 3.8) is 0 Å². The predicted octanol–water partition coefficient (Wildman–Crippen LogP) is 3.76. The first-order chi connectivity index (χ1) is 15.4. The third-order valence-corrected chi connectivity index (χ3v) is 8.50. The largest absolute Gasteiger partial charge is 0.493 e. The topological polar surface area (TPSA) is 76.7 Å². The molecule has 1 heterocycles. The van der Waals surface area contributed by atoms with Gasteiger partial charge < -0.3 is 20.1 Å². The first-order valence-electron chi connectivity index (χ1n) is 12.2. The van der Waals surface area contributed by atoms with Crippen molar-refractivity contribution in [2.45, 2.75) is 81.7 Å². The molecule has 1 saturated heterocycles. The van der Waals surface area contributed by atoms with E-state index in [1.807, 2.05) is 18.2 Å². The maximum Gasteiger partial charge on any atom is 0.220 e. The van der Waals surface area contributed by atoms with Crippen LogP contribution in [0.2, 0.25) is 0 Å². The molecule has 0 spiro atoms. The van der Waals surface area contributed by atoms with E-state index >= 15 is 0 Å². The van der Waals surface area contributed by atoms with Crippen LogP contribution in [0.15, 0.2) is 18.2 Å². The van der Waals surface area contributed by atoms with Crippen LogP contribution >= 0.6 is 0 Å². The molecule has 2 N–H and O–H groups in total. The number of ether oxygens (including phenoxy) is 2. The zero-order valence-corrected chi connectivity index (χ0v) is 19.4. The van der Waals surface area contributed by atoms with Crippen LogP contribution in [0.1, 0.15) is 69.8 Å². The molecule has 0 aromatic heterocycles. The van der Waals surface area contributed by atoms with E-state index in [-0.39, 0.29) is 22.9 Å². The van der Waals surface area contributed by atoms with Gasteiger partial charge in [-0.2, -0.15) is 0 Å². The second kappa shape index (κ2) is 8.27. The fourth-order valence-electron chi connectivity index (χ4n) is 7.54. The third kappa shape index (κ3) is 4.20. The summed E-state index contributed by atoms with van der Waals surface area (Å²) in [5, 5.41) is 6.69. The maximum atomic E-state index is 13.1. The van der Waals surface area contributed by atoms with Crippen molar-refractivity contribution in [2.24, 2.45) is 17.8 Å². The van der Waals surface area contributed by atoms with Crippen molar-refractivity contribution in [1.82, 2.24) is 10.6 Å². The Hall–Kier alpha value is -2.24. The molecule has 1 aromatic rings. The van der Waals surface area contributed by atoms with Crippen molar-refractivity contribution >= 4 is 11.8 Å². The molecule has 1 atom stereocenters. The molecule has 4 aliphatic carbocycles. The van der Waals surface area contributed by atoms with Crippen LogP contribution in [0, 0.1) is 17.8 Å². The highest BCUT2D eigenvalue weighted by molar-refractivity contribution is 5.80. The van der Waals surface area contributed by atoms with Crippen LogP contribution in [0.25, 0.3) is 0 Å². The zero-order valence-electron chi connectivity index (χ0n) is 19.4. The number of hydrogen-bond acceptors (Lipinski definition) is 4. The van der Waals surface area contributed by atoms with Crippen LogP contribution in [0.4, 0.5) is 0 Å². The lowest BCUT2D eigenvalue weighted by molar-refractivity contribution is -0.127. The minimum Gasteiger partial charge on any atom is -0.493 e. The summed E-state index contributed by atoms with van der Waals surface area (Å²) in [5.41, 5.74) is 0.739. The van der Waals surface area contributed by atoms with E-state index in [0.717, 1.165) is 29.7 Å². The summed E-state index contributed by atoms with van der Waals surface area (Å²) in [4.78, 5) is 25.2. The maximum absolute atomic E-state index is 13.1. The summed E-state index contributed by atoms with van der Waals surface area (Å²) in [5.74, 6) is 4.04. The zero-order chi connectivity index (χ0) is 22.3. The van der Waals surface area contributed by atoms with E-state index in [2.05, 4.69) is 10.6 Å². The number of rotatable bonds is 8. The normalized spacial score (nSPS) is 34.9. The van der Waals surface area contributed by atoms with Crippen LogP contribution in [-0.4, -0.2) is 37.1 Å². The van der Waals surface area contributed by atoms with Gasteiger partial charge in [0, 0.05) is 23.9 Å². The smallest absolute Gasteiger partial charge is 0.220 e. The van der Waals surface area contributed by atoms with Gasteiger partial charge in [0.05, 0.1) is 14.2 Å². The van der Waals surface area contributed by atoms with Crippen LogP contribution in [-0.2, 0) is 16.0 Å². The Bertz CT molecular complexity index is 863. The number of benzene rings is 1. The number of methoxy groups -OCH3 is 2. The van der Waals surface area contributed by atoms with Crippen molar-refractivity contribution in [3.8, 4) is 11.5 Å². The van der Waals surface area contributed by atoms with E-state index in [4.69, 9.17) is 9.47 Å². The number of hydrogen-bond donors (Lipinski definition) is 2. The Balaban J connectivity index is 1.24. The van der Waals surface area contributed by atoms with Crippen LogP contribution in [0.3, 0.4) is 0 Å². The Labute approximate surface area is 190 Å². The van der Waals surface area contributed by atoms with Crippen LogP contribution < -0.4 is 20.1 Å². The first-order valence-corrected chi connectivity index (χ1v) is 12.2. The lowest BCUT2D eigenvalue weighted by atomic mass is 9.53. The molecule has 2 amide bonds. The number of carbonyl (C=O) groups is 2. The van der Waals surface area contributed by atoms with Gasteiger partial charge in [-0.3, -0.25) is 9.59 Å². The number of amides is 2. The van der Waals surface area contributed by atoms with Gasteiger partial charge in [0.2, 0.25) is 11.8 Å². The molecule has 1 aromatic carbocycles. The molecular weight excluding hydrogens is 404 g/mol. The number of nitrogens with one attached hydrogen (secondary N) is 2. The highest BCUT2D eigenvalue weighted by Gasteiger charge is 2.51. The fraction of sp³-hybridized carbons (Fsp3) is 0.692. The van der Waals surface area contributed by atoms with E-state index in [1.54, 1.807) is 14.2 Å². The Morgan fingerprint density at radius 3 is 2.28 bits per heavy atom. The van der Waals surface area contributed by atoms with Gasteiger partial charge >= 0.3 is 0 Å². The second-order valence-corrected chi connectivity index (χ2v) is 10.9. The quantitative estimate of drug-likeness (QED) is 0.645. The number of carbonyl (C=O) groups excluding carboxylic acids is 2. The minimum atomic E-state index is -0.379. The lowest BCUT2D eigenvalue weighted by Crippen LogP contribution is -2.60. The summed E-state index contributed by atoms with van der Waals surface area (Å²) >= 11 is 0. The molecule has 0 unspecified atom stereocenters. The Morgan fingerprint density at radius 1 is 1.06 bits per heavy atom. The molecular formula is C26H36N2O4. The highest BCUT2D eigenvalue weighted by atomic mass is 16.5. The van der Waals surface area contributed by atoms with Crippen molar-refractivity contribution in [3.05, 3.63) is 23.8 Å². The van der Waals surface area contributed by atoms with Gasteiger partial charge in [0.25, 0.3) is 0 Å². The summed E-state index contributed by atoms with van der Waals surface area (Å²) < 4.78 is 10.8. The van der Waals surface area contributed by atoms with Crippen molar-refractivity contribution in [1.29, 1.82) is 0 Å². The Morgan fingerprint density at radius 2 is 1.72 bits per heavy atom. The summed E-state index contributed by atoms with van der Waals surface area (Å²) in [6.45, 7) is 0. The molecule has 32 heavy (non-hydrogen) atoms. The third-order valence-electron chi connectivity index (χ3n) is 8.50. The predicted molar refractivity (Wildman–Crippen MR) is 122 cm³/mol. The molecule has 4 saturated carbocycles. The summed E-state index contributed by atoms with van der Waals surface area (Å²) in [6, 6.07) is 5.89. The molecule has 6 nitrogen and oxygen atoms in total. The molecule has 1 aliphatic heterocycles. The minimum absolute atomic E-state index is 0.0429. The van der Waals surface area contributed by atoms with E-state index in [1.165, 1.54) is 38.5 Å². The van der Waals surface area contributed by atoms with Gasteiger partial charge in [-0.15, -0.1) is 0 Å². The van der Waals surface area contributed by atoms with E-state index in [9.17, 15) is 9.59 Å². The second-order valence-electron chi connectivity index (χ2n) is 10.9. The van der Waals surface area contributed by atoms with Crippen molar-refractivity contribution < 1.29 is 19.1 Å². The van der Waals surface area contributed by atoms with Gasteiger partial charge in [-0.25, -0.2) is 0 Å². The monoisotopic (exact) mass is 440 g/mol. The standard InChI is InChI=1S/C26H36N2O4/c1-31-21-4-3-17(12-22(21)32-2)13-25(7-5-23(29)27-25)8-6-24(30)28-26-14-18-9-19(15-26)11-20(10-18)16-26/h3-4,12,18-20H,5-11,13-16H2,1-2H3,(H,27,29)(H,28,30)/t18?,19?,20?,25-,26?/m1/s1. The molecule has 6 rings (SSSR count). The van der Waals surface area contributed by atoms with Gasteiger partial charge in [0.15, 0.2) is 11.5 Å². The SMILES string of the molecule is COc1ccc(C[C@]2(CCC(=O)NC34CC5CC(CC(C5)C3)C4)CCC(=O)N2)cc1OC. The van der Waals surface area contributed by atoms with Gasteiger partial charge in [0.1, 0.15) is 0 Å². The molecule has 4 bridgehead atoms. The van der Waals surface area contributed by atoms with Crippen LogP contribution in [0.5, 0.6) is 11.5 Å². The van der Waals surface area contributed by atoms with E-state index in [0.29, 0.717) is 37.2 Å². The molecule has 0 radical (unpaired) electrons. The molecule has 174 valence electrons. The summed E-state index contributed by atoms with van der Waals surface area (Å²) in [7, 11) is 3.25. The fourth-order valence-corrected chi connectivity index (χ4v) is 7.54. The van der Waals surface area contributed by atoms with Crippen molar-refractivity contribution in [2.75, 3.05) is 14.2 Å². The lowest BCUT2D eigenvalue weighted by Gasteiger charge is -2.57. The van der Waals surface area contributed by atoms with Gasteiger partial charge in [-0.1, -0.05) is 6.07 Å². The average Bonchev–Trinajstić information content (AvgIpc) is 3.11. The van der Waals surface area contributed by atoms with Gasteiger partial charge in [-0.05, 0) is 93.2 Å². The Kier molecular flexibility index (Phi) is 5.58. The summed E-state index contributed by atoms with van der Waals surface area (Å²) in [6.07, 6.45) is 10.7. The molecule has 5 fully saturated rings. The molecule has 6 heteroatoms. The molecule has 5 aliphatic rings. The van der Waals surface area contributed by atoms with E-state index < -0.39 is 0 Å². The first kappa shape index (κ1) is 21.6. The average molecular weight is 441 g/mol. The highest BCUT2D eigenvalue weighted by Crippen LogP contribution is 2.55.